The maximum absolute atomic E-state index is 5.19. The standard InChI is InChI=1S/C13H22N6O/c1-9(2)5-14-6-11-7-19(18-16-11)8-12-15-13(10(3)4)17-20-12/h7,9-10,14H,5-6,8H2,1-4H3. The molecule has 0 unspecified atom stereocenters. The summed E-state index contributed by atoms with van der Waals surface area (Å²) < 4.78 is 6.90. The molecule has 110 valence electrons. The Balaban J connectivity index is 1.88. The maximum atomic E-state index is 5.19. The summed E-state index contributed by atoms with van der Waals surface area (Å²) in [5.41, 5.74) is 0.911. The number of hydrogen-bond acceptors (Lipinski definition) is 6. The molecule has 0 radical (unpaired) electrons. The highest BCUT2D eigenvalue weighted by molar-refractivity contribution is 4.95. The van der Waals surface area contributed by atoms with Crippen LogP contribution in [0.15, 0.2) is 10.7 Å². The summed E-state index contributed by atoms with van der Waals surface area (Å²) in [5.74, 6) is 2.16. The molecule has 0 aliphatic rings. The van der Waals surface area contributed by atoms with Gasteiger partial charge in [-0.15, -0.1) is 5.10 Å². The third-order valence-corrected chi connectivity index (χ3v) is 2.74. The Kier molecular flexibility index (Phi) is 4.84. The first-order chi connectivity index (χ1) is 9.54. The van der Waals surface area contributed by atoms with E-state index < -0.39 is 0 Å². The van der Waals surface area contributed by atoms with Gasteiger partial charge in [-0.25, -0.2) is 4.68 Å². The first-order valence-corrected chi connectivity index (χ1v) is 6.96. The summed E-state index contributed by atoms with van der Waals surface area (Å²) in [6.07, 6.45) is 1.90. The van der Waals surface area contributed by atoms with E-state index in [1.807, 2.05) is 20.0 Å². The first-order valence-electron chi connectivity index (χ1n) is 6.96. The van der Waals surface area contributed by atoms with Gasteiger partial charge in [-0.05, 0) is 12.5 Å². The van der Waals surface area contributed by atoms with E-state index in [-0.39, 0.29) is 5.92 Å². The normalized spacial score (nSPS) is 11.7. The molecule has 0 atom stereocenters. The van der Waals surface area contributed by atoms with Crippen LogP contribution in [0.5, 0.6) is 0 Å². The zero-order valence-electron chi connectivity index (χ0n) is 12.5. The molecule has 7 heteroatoms. The van der Waals surface area contributed by atoms with Gasteiger partial charge in [0.1, 0.15) is 6.54 Å². The highest BCUT2D eigenvalue weighted by Crippen LogP contribution is 2.10. The van der Waals surface area contributed by atoms with Crippen molar-refractivity contribution in [3.05, 3.63) is 23.6 Å². The van der Waals surface area contributed by atoms with Crippen molar-refractivity contribution in [2.75, 3.05) is 6.54 Å². The zero-order valence-corrected chi connectivity index (χ0v) is 12.5. The van der Waals surface area contributed by atoms with E-state index >= 15 is 0 Å². The summed E-state index contributed by atoms with van der Waals surface area (Å²) >= 11 is 0. The van der Waals surface area contributed by atoms with E-state index in [4.69, 9.17) is 4.52 Å². The van der Waals surface area contributed by atoms with E-state index in [1.165, 1.54) is 0 Å². The molecule has 0 aromatic carbocycles. The average Bonchev–Trinajstić information content (AvgIpc) is 2.99. The molecule has 2 rings (SSSR count). The van der Waals surface area contributed by atoms with Crippen molar-refractivity contribution >= 4 is 0 Å². The molecule has 0 aliphatic heterocycles. The monoisotopic (exact) mass is 278 g/mol. The number of nitrogens with zero attached hydrogens (tertiary/aromatic N) is 5. The summed E-state index contributed by atoms with van der Waals surface area (Å²) in [6.45, 7) is 10.5. The Morgan fingerprint density at radius 3 is 2.75 bits per heavy atom. The van der Waals surface area contributed by atoms with Crippen molar-refractivity contribution in [2.45, 2.75) is 46.7 Å². The molecular formula is C13H22N6O. The predicted octanol–water partition coefficient (Wildman–Crippen LogP) is 1.58. The molecule has 0 amide bonds. The minimum atomic E-state index is 0.263. The Morgan fingerprint density at radius 1 is 1.30 bits per heavy atom. The average molecular weight is 278 g/mol. The molecule has 0 fully saturated rings. The predicted molar refractivity (Wildman–Crippen MR) is 74.1 cm³/mol. The molecule has 0 aliphatic carbocycles. The van der Waals surface area contributed by atoms with Crippen molar-refractivity contribution in [3.8, 4) is 0 Å². The molecule has 0 bridgehead atoms. The summed E-state index contributed by atoms with van der Waals surface area (Å²) in [6, 6.07) is 0. The van der Waals surface area contributed by atoms with Crippen molar-refractivity contribution in [2.24, 2.45) is 5.92 Å². The fourth-order valence-corrected chi connectivity index (χ4v) is 1.69. The molecule has 7 nitrogen and oxygen atoms in total. The third kappa shape index (κ3) is 4.12. The van der Waals surface area contributed by atoms with Gasteiger partial charge in [-0.1, -0.05) is 38.1 Å². The van der Waals surface area contributed by atoms with Gasteiger partial charge in [0.2, 0.25) is 5.89 Å². The fourth-order valence-electron chi connectivity index (χ4n) is 1.69. The van der Waals surface area contributed by atoms with Crippen molar-refractivity contribution in [1.82, 2.24) is 30.5 Å². The minimum absolute atomic E-state index is 0.263. The third-order valence-electron chi connectivity index (χ3n) is 2.74. The van der Waals surface area contributed by atoms with Crippen LogP contribution < -0.4 is 5.32 Å². The maximum Gasteiger partial charge on any atom is 0.248 e. The molecule has 0 spiro atoms. The molecule has 20 heavy (non-hydrogen) atoms. The van der Waals surface area contributed by atoms with Crippen molar-refractivity contribution in [3.63, 3.8) is 0 Å². The lowest BCUT2D eigenvalue weighted by Crippen LogP contribution is -2.19. The Morgan fingerprint density at radius 2 is 2.10 bits per heavy atom. The Bertz CT molecular complexity index is 530. The largest absolute Gasteiger partial charge is 0.337 e. The van der Waals surface area contributed by atoms with Gasteiger partial charge in [-0.2, -0.15) is 4.98 Å². The van der Waals surface area contributed by atoms with Gasteiger partial charge in [0, 0.05) is 12.5 Å². The van der Waals surface area contributed by atoms with Gasteiger partial charge < -0.3 is 9.84 Å². The van der Waals surface area contributed by atoms with Gasteiger partial charge in [0.15, 0.2) is 5.82 Å². The quantitative estimate of drug-likeness (QED) is 0.828. The van der Waals surface area contributed by atoms with Gasteiger partial charge in [-0.3, -0.25) is 0 Å². The topological polar surface area (TPSA) is 81.7 Å². The lowest BCUT2D eigenvalue weighted by molar-refractivity contribution is 0.358. The van der Waals surface area contributed by atoms with Crippen LogP contribution in [0, 0.1) is 5.92 Å². The zero-order chi connectivity index (χ0) is 14.5. The van der Waals surface area contributed by atoms with E-state index in [0.29, 0.717) is 18.4 Å². The van der Waals surface area contributed by atoms with E-state index in [0.717, 1.165) is 24.6 Å². The number of nitrogens with one attached hydrogen (secondary N) is 1. The lowest BCUT2D eigenvalue weighted by Gasteiger charge is -2.04. The molecule has 2 aromatic rings. The van der Waals surface area contributed by atoms with Crippen molar-refractivity contribution < 1.29 is 4.52 Å². The first kappa shape index (κ1) is 14.6. The fraction of sp³-hybridized carbons (Fsp3) is 0.692. The van der Waals surface area contributed by atoms with Crippen molar-refractivity contribution in [1.29, 1.82) is 0 Å². The van der Waals surface area contributed by atoms with Crippen LogP contribution in [0.25, 0.3) is 0 Å². The highest BCUT2D eigenvalue weighted by atomic mass is 16.5. The van der Waals surface area contributed by atoms with E-state index in [2.05, 4.69) is 39.6 Å². The lowest BCUT2D eigenvalue weighted by atomic mass is 10.2. The summed E-state index contributed by atoms with van der Waals surface area (Å²) in [7, 11) is 0. The summed E-state index contributed by atoms with van der Waals surface area (Å²) in [4.78, 5) is 4.32. The number of aromatic nitrogens is 5. The molecule has 2 heterocycles. The Hall–Kier alpha value is -1.76. The molecule has 0 saturated heterocycles. The van der Waals surface area contributed by atoms with Gasteiger partial charge >= 0.3 is 0 Å². The second kappa shape index (κ2) is 6.60. The molecular weight excluding hydrogens is 256 g/mol. The molecule has 1 N–H and O–H groups in total. The second-order valence-corrected chi connectivity index (χ2v) is 5.63. The number of rotatable bonds is 7. The van der Waals surface area contributed by atoms with Crippen LogP contribution in [-0.4, -0.2) is 31.7 Å². The van der Waals surface area contributed by atoms with Crippen LogP contribution in [0.2, 0.25) is 0 Å². The van der Waals surface area contributed by atoms with Crippen LogP contribution in [-0.2, 0) is 13.1 Å². The van der Waals surface area contributed by atoms with Crippen LogP contribution in [0.4, 0.5) is 0 Å². The van der Waals surface area contributed by atoms with Crippen LogP contribution >= 0.6 is 0 Å². The Labute approximate surface area is 118 Å². The second-order valence-electron chi connectivity index (χ2n) is 5.63. The molecule has 0 saturated carbocycles. The highest BCUT2D eigenvalue weighted by Gasteiger charge is 2.11. The van der Waals surface area contributed by atoms with Crippen LogP contribution in [0.1, 0.15) is 51.0 Å². The van der Waals surface area contributed by atoms with Crippen LogP contribution in [0.3, 0.4) is 0 Å². The molecule has 2 aromatic heterocycles. The minimum Gasteiger partial charge on any atom is -0.337 e. The van der Waals surface area contributed by atoms with Gasteiger partial charge in [0.05, 0.1) is 11.9 Å². The van der Waals surface area contributed by atoms with Gasteiger partial charge in [0.25, 0.3) is 0 Å². The van der Waals surface area contributed by atoms with E-state index in [1.54, 1.807) is 4.68 Å². The summed E-state index contributed by atoms with van der Waals surface area (Å²) in [5, 5.41) is 15.4. The van der Waals surface area contributed by atoms with E-state index in [9.17, 15) is 0 Å². The SMILES string of the molecule is CC(C)CNCc1cn(Cc2nc(C(C)C)no2)nn1. The smallest absolute Gasteiger partial charge is 0.248 e. The number of hydrogen-bond donors (Lipinski definition) is 1.